The Bertz CT molecular complexity index is 2810. The van der Waals surface area contributed by atoms with Gasteiger partial charge < -0.3 is 55.5 Å². The molecule has 19 nitrogen and oxygen atoms in total. The Morgan fingerprint density at radius 2 is 0.988 bits per heavy atom. The number of nitrogens with one attached hydrogen (secondary N) is 4. The molecule has 2 aliphatic carbocycles. The molecule has 0 amide bonds. The van der Waals surface area contributed by atoms with E-state index >= 15 is 0 Å². The third-order valence-corrected chi connectivity index (χ3v) is 15.5. The number of pyridine rings is 2. The molecule has 4 aromatic heterocycles. The van der Waals surface area contributed by atoms with Crippen LogP contribution in [0.2, 0.25) is 0 Å². The van der Waals surface area contributed by atoms with Crippen molar-refractivity contribution in [1.29, 1.82) is 0 Å². The van der Waals surface area contributed by atoms with Gasteiger partial charge in [-0.25, -0.2) is 19.9 Å². The third kappa shape index (κ3) is 19.0. The van der Waals surface area contributed by atoms with E-state index < -0.39 is 5.97 Å². The Hall–Kier alpha value is -6.10. The van der Waals surface area contributed by atoms with Crippen LogP contribution >= 0.6 is 0 Å². The van der Waals surface area contributed by atoms with Crippen molar-refractivity contribution in [3.05, 3.63) is 73.3 Å². The average molecular weight is 1110 g/mol. The van der Waals surface area contributed by atoms with Crippen molar-refractivity contribution in [1.82, 2.24) is 29.1 Å². The maximum absolute atomic E-state index is 11.2. The number of aliphatic carboxylic acids is 1. The number of carboxylic acid groups (broad SMARTS) is 1. The molecule has 4 aliphatic rings. The van der Waals surface area contributed by atoms with Crippen molar-refractivity contribution < 1.29 is 62.7 Å². The van der Waals surface area contributed by atoms with Gasteiger partial charge in [0.25, 0.3) is 0 Å². The van der Waals surface area contributed by atoms with Crippen LogP contribution in [0, 0.1) is 0 Å². The summed E-state index contributed by atoms with van der Waals surface area (Å²) in [5, 5.41) is 23.3. The summed E-state index contributed by atoms with van der Waals surface area (Å²) in [5.74, 6) is 2.35. The number of aromatic nitrogens is 6. The van der Waals surface area contributed by atoms with Gasteiger partial charge in [-0.1, -0.05) is 64.2 Å². The molecule has 2 atom stereocenters. The maximum Gasteiger partial charge on any atom is 1.00 e. The number of carboxylic acids is 1. The minimum Gasteiger partial charge on any atom is -0.870 e. The molecule has 81 heavy (non-hydrogen) atoms. The number of hydrogen-bond acceptors (Lipinski definition) is 16. The number of hydrogen-bond donors (Lipinski definition) is 5. The van der Waals surface area contributed by atoms with Crippen LogP contribution < -0.4 is 49.6 Å². The van der Waals surface area contributed by atoms with E-state index in [1.54, 1.807) is 0 Å². The second kappa shape index (κ2) is 33.1. The van der Waals surface area contributed by atoms with E-state index in [0.717, 1.165) is 171 Å². The van der Waals surface area contributed by atoms with E-state index in [0.29, 0.717) is 31.7 Å². The zero-order valence-corrected chi connectivity index (χ0v) is 47.9. The average Bonchev–Trinajstić information content (AvgIpc) is 4.28. The van der Waals surface area contributed by atoms with Crippen LogP contribution in [0.4, 0.5) is 34.4 Å². The summed E-state index contributed by atoms with van der Waals surface area (Å²) in [7, 11) is 1.43. The fraction of sp³-hybridized carbons (Fsp3) is 0.574. The summed E-state index contributed by atoms with van der Waals surface area (Å²) in [6, 6.07) is 21.0. The van der Waals surface area contributed by atoms with Crippen molar-refractivity contribution in [3.8, 4) is 11.5 Å². The second-order valence-electron chi connectivity index (χ2n) is 21.7. The van der Waals surface area contributed by atoms with E-state index in [1.165, 1.54) is 71.3 Å². The summed E-state index contributed by atoms with van der Waals surface area (Å²) >= 11 is 0. The smallest absolute Gasteiger partial charge is 0.870 e. The van der Waals surface area contributed by atoms with Crippen molar-refractivity contribution in [2.75, 3.05) is 54.8 Å². The van der Waals surface area contributed by atoms with Crippen LogP contribution in [0.3, 0.4) is 0 Å². The van der Waals surface area contributed by atoms with Crippen LogP contribution in [0.5, 0.6) is 11.5 Å². The molecule has 2 saturated heterocycles. The summed E-state index contributed by atoms with van der Waals surface area (Å²) in [6.45, 7) is 2.84. The number of ether oxygens (including phenoxy) is 5. The van der Waals surface area contributed by atoms with Crippen molar-refractivity contribution >= 4 is 68.7 Å². The Labute approximate surface area is 489 Å². The van der Waals surface area contributed by atoms with Crippen LogP contribution in [0.15, 0.2) is 73.3 Å². The molecule has 6 heterocycles. The van der Waals surface area contributed by atoms with E-state index in [9.17, 15) is 9.59 Å². The zero-order chi connectivity index (χ0) is 54.4. The molecule has 2 aliphatic heterocycles. The first-order valence-corrected chi connectivity index (χ1v) is 29.6. The normalized spacial score (nSPS) is 17.6. The van der Waals surface area contributed by atoms with Crippen LogP contribution in [-0.4, -0.2) is 97.2 Å². The summed E-state index contributed by atoms with van der Waals surface area (Å²) < 4.78 is 32.8. The molecule has 0 bridgehead atoms. The Balaban J connectivity index is 0.000000228. The topological polar surface area (TPSA) is 240 Å². The quantitative estimate of drug-likeness (QED) is 0.0193. The molecular formula is C61H85LiN10O9. The van der Waals surface area contributed by atoms with Gasteiger partial charge in [0.05, 0.1) is 44.4 Å². The van der Waals surface area contributed by atoms with Gasteiger partial charge in [-0.2, -0.15) is 0 Å². The van der Waals surface area contributed by atoms with Gasteiger partial charge in [0, 0.05) is 61.6 Å². The number of anilines is 6. The number of methoxy groups -OCH3 is 1. The van der Waals surface area contributed by atoms with Crippen LogP contribution in [0.25, 0.3) is 22.3 Å². The van der Waals surface area contributed by atoms with Crippen molar-refractivity contribution in [2.24, 2.45) is 0 Å². The number of carbonyl (C=O) groups excluding carboxylic acids is 1. The number of nitrogens with zero attached hydrogens (tertiary/aromatic N) is 6. The predicted octanol–water partition coefficient (Wildman–Crippen LogP) is 11.0. The molecule has 6 aromatic rings. The van der Waals surface area contributed by atoms with Gasteiger partial charge in [-0.05, 0) is 138 Å². The van der Waals surface area contributed by atoms with Gasteiger partial charge in [-0.15, -0.1) is 0 Å². The van der Waals surface area contributed by atoms with E-state index in [4.69, 9.17) is 44.0 Å². The Morgan fingerprint density at radius 3 is 1.40 bits per heavy atom. The van der Waals surface area contributed by atoms with Gasteiger partial charge >= 0.3 is 30.8 Å². The first-order chi connectivity index (χ1) is 38.8. The zero-order valence-electron chi connectivity index (χ0n) is 47.9. The number of imidazole rings is 2. The molecule has 6 N–H and O–H groups in total. The SMILES string of the molecule is COC(=O)CCCCCCOc1ccc(Nc2cc(NC3CCCCC3)c3ncn(C4CCCCO4)c3n2)cc1.O=C(O)CCCCCCOc1ccc(Nc2cc(NC3CCCCC3)c3ncn(C4CCCCO4)c3n2)cc1.[Li+].[OH-]. The largest absolute Gasteiger partial charge is 1.00 e. The molecule has 0 radical (unpaired) electrons. The second-order valence-corrected chi connectivity index (χ2v) is 21.7. The first kappa shape index (κ1) is 62.5. The molecule has 10 rings (SSSR count). The van der Waals surface area contributed by atoms with E-state index in [1.807, 2.05) is 61.2 Å². The maximum atomic E-state index is 11.2. The number of rotatable bonds is 26. The molecule has 0 spiro atoms. The summed E-state index contributed by atoms with van der Waals surface area (Å²) in [5.41, 5.74) is 7.42. The fourth-order valence-corrected chi connectivity index (χ4v) is 11.1. The molecule has 434 valence electrons. The van der Waals surface area contributed by atoms with Crippen LogP contribution in [-0.2, 0) is 23.8 Å². The molecule has 2 aromatic carbocycles. The predicted molar refractivity (Wildman–Crippen MR) is 312 cm³/mol. The standard InChI is InChI=1S/C31H43N5O4.C30H41N5O4.Li.H2O/c1-38-29(37)14-7-2-3-9-19-39-25-17-15-24(16-18-25)34-27-21-26(33-23-11-5-4-6-12-23)30-31(35-27)36(22-32-30)28-13-8-10-20-40-28;36-28(37)13-6-1-2-8-18-38-24-16-14-23(15-17-24)33-26-20-25(32-22-10-4-3-5-11-22)29-30(34-26)35(21-31-29)27-12-7-9-19-39-27;;/h15-18,21-23,28H,2-14,19-20H2,1H3,(H2,33,34,35);14-17,20-22,27H,1-13,18-19H2,(H,36,37)(H2,32,33,34);;1H2/q;;+1;/p-1. The number of carbonyl (C=O) groups is 2. The van der Waals surface area contributed by atoms with Crippen molar-refractivity contribution in [2.45, 2.75) is 191 Å². The molecule has 20 heteroatoms. The third-order valence-electron chi connectivity index (χ3n) is 15.5. The van der Waals surface area contributed by atoms with E-state index in [-0.39, 0.29) is 49.2 Å². The number of esters is 1. The number of unbranched alkanes of at least 4 members (excludes halogenated alkanes) is 6. The minimum absolute atomic E-state index is 0. The summed E-state index contributed by atoms with van der Waals surface area (Å²) in [6.07, 6.45) is 30.7. The molecular weight excluding hydrogens is 1020 g/mol. The number of benzene rings is 2. The van der Waals surface area contributed by atoms with E-state index in [2.05, 4.69) is 47.3 Å². The molecule has 2 unspecified atom stereocenters. The van der Waals surface area contributed by atoms with Gasteiger partial charge in [0.2, 0.25) is 0 Å². The number of fused-ring (bicyclic) bond motifs is 2. The Morgan fingerprint density at radius 1 is 0.568 bits per heavy atom. The van der Waals surface area contributed by atoms with Gasteiger partial charge in [0.15, 0.2) is 11.3 Å². The van der Waals surface area contributed by atoms with Gasteiger partial charge in [-0.3, -0.25) is 18.7 Å². The summed E-state index contributed by atoms with van der Waals surface area (Å²) in [4.78, 5) is 41.3. The first-order valence-electron chi connectivity index (χ1n) is 29.6. The minimum atomic E-state index is -0.726. The van der Waals surface area contributed by atoms with Crippen LogP contribution in [0.1, 0.15) is 179 Å². The fourth-order valence-electron chi connectivity index (χ4n) is 11.1. The molecule has 2 saturated carbocycles. The molecule has 4 fully saturated rings. The van der Waals surface area contributed by atoms with Gasteiger partial charge in [0.1, 0.15) is 46.6 Å². The monoisotopic (exact) mass is 1110 g/mol. The van der Waals surface area contributed by atoms with Crippen molar-refractivity contribution in [3.63, 3.8) is 0 Å². The Kier molecular flexibility index (Phi) is 25.5.